The van der Waals surface area contributed by atoms with Gasteiger partial charge >= 0.3 is 0 Å². The summed E-state index contributed by atoms with van der Waals surface area (Å²) in [6.45, 7) is 0. The molecule has 0 bridgehead atoms. The lowest BCUT2D eigenvalue weighted by molar-refractivity contribution is -0.139. The van der Waals surface area contributed by atoms with Crippen LogP contribution >= 0.6 is 0 Å². The lowest BCUT2D eigenvalue weighted by Gasteiger charge is -2.42. The van der Waals surface area contributed by atoms with E-state index in [9.17, 15) is 9.59 Å². The van der Waals surface area contributed by atoms with Gasteiger partial charge in [0, 0.05) is 24.7 Å². The van der Waals surface area contributed by atoms with Gasteiger partial charge in [-0.3, -0.25) is 9.59 Å². The zero-order valence-corrected chi connectivity index (χ0v) is 7.40. The molecule has 0 heterocycles. The smallest absolute Gasteiger partial charge is 0.137 e. The Labute approximate surface area is 76.7 Å². The quantitative estimate of drug-likeness (QED) is 0.552. The van der Waals surface area contributed by atoms with Crippen molar-refractivity contribution in [3.05, 3.63) is 0 Å². The highest BCUT2D eigenvalue weighted by Gasteiger charge is 2.71. The van der Waals surface area contributed by atoms with Gasteiger partial charge in [0.2, 0.25) is 0 Å². The van der Waals surface area contributed by atoms with Gasteiger partial charge in [0.1, 0.15) is 11.6 Å². The molecule has 0 unspecified atom stereocenters. The van der Waals surface area contributed by atoms with Crippen molar-refractivity contribution in [3.8, 4) is 0 Å². The highest BCUT2D eigenvalue weighted by Crippen LogP contribution is 2.69. The molecule has 4 aliphatic carbocycles. The van der Waals surface area contributed by atoms with Gasteiger partial charge in [-0.05, 0) is 30.1 Å². The van der Waals surface area contributed by atoms with E-state index in [4.69, 9.17) is 0 Å². The van der Waals surface area contributed by atoms with Crippen molar-refractivity contribution in [3.63, 3.8) is 0 Å². The third-order valence-corrected chi connectivity index (χ3v) is 5.03. The summed E-state index contributed by atoms with van der Waals surface area (Å²) in [5, 5.41) is 0. The molecular formula is C11H12O2. The van der Waals surface area contributed by atoms with E-state index in [1.807, 2.05) is 0 Å². The number of hydrogen-bond donors (Lipinski definition) is 0. The first-order valence-corrected chi connectivity index (χ1v) is 5.33. The van der Waals surface area contributed by atoms with Crippen molar-refractivity contribution in [1.29, 1.82) is 0 Å². The lowest BCUT2D eigenvalue weighted by atomic mass is 9.59. The maximum Gasteiger partial charge on any atom is 0.137 e. The summed E-state index contributed by atoms with van der Waals surface area (Å²) < 4.78 is 0. The van der Waals surface area contributed by atoms with E-state index < -0.39 is 0 Å². The highest BCUT2D eigenvalue weighted by molar-refractivity contribution is 5.96. The maximum atomic E-state index is 11.6. The summed E-state index contributed by atoms with van der Waals surface area (Å²) in [7, 11) is 0. The van der Waals surface area contributed by atoms with Crippen molar-refractivity contribution in [2.75, 3.05) is 0 Å². The second kappa shape index (κ2) is 1.75. The normalized spacial score (nSPS) is 61.2. The SMILES string of the molecule is O=C1C[C@@H]2C[C@@H]3CC(=O)[C@@H]4[C@@H]1[C@H]2[C@@H]34. The Morgan fingerprint density at radius 3 is 1.77 bits per heavy atom. The zero-order valence-electron chi connectivity index (χ0n) is 7.40. The zero-order chi connectivity index (χ0) is 8.74. The minimum Gasteiger partial charge on any atom is -0.299 e. The predicted molar refractivity (Wildman–Crippen MR) is 44.8 cm³/mol. The molecule has 0 aromatic rings. The molecule has 0 aromatic heterocycles. The maximum absolute atomic E-state index is 11.6. The van der Waals surface area contributed by atoms with Crippen molar-refractivity contribution >= 4 is 11.6 Å². The van der Waals surface area contributed by atoms with Crippen molar-refractivity contribution in [2.24, 2.45) is 35.5 Å². The fourth-order valence-corrected chi connectivity index (χ4v) is 4.79. The summed E-state index contributed by atoms with van der Waals surface area (Å²) in [4.78, 5) is 23.2. The number of fused-ring (bicyclic) bond motifs is 1. The predicted octanol–water partition coefficient (Wildman–Crippen LogP) is 1.05. The van der Waals surface area contributed by atoms with Gasteiger partial charge in [-0.1, -0.05) is 0 Å². The molecule has 4 fully saturated rings. The Kier molecular flexibility index (Phi) is 0.907. The van der Waals surface area contributed by atoms with Gasteiger partial charge in [-0.2, -0.15) is 0 Å². The summed E-state index contributed by atoms with van der Waals surface area (Å²) in [5.41, 5.74) is 0. The summed E-state index contributed by atoms with van der Waals surface area (Å²) >= 11 is 0. The molecule has 2 nitrogen and oxygen atoms in total. The van der Waals surface area contributed by atoms with Crippen LogP contribution in [0, 0.1) is 35.5 Å². The standard InChI is InChI=1S/C11H12O2/c12-6-2-4-1-5-3-7(13)11-9(5)8(4)10(6)11/h4-5,8-11H,1-3H2/t4-,5+,8-,9-,10+,11+/m1/s1. The van der Waals surface area contributed by atoms with E-state index in [1.54, 1.807) is 0 Å². The number of carbonyl (C=O) groups is 2. The number of Topliss-reactive ketones (excluding diaryl/α,β-unsaturated/α-hetero) is 2. The molecule has 2 heteroatoms. The van der Waals surface area contributed by atoms with E-state index in [2.05, 4.69) is 0 Å². The van der Waals surface area contributed by atoms with Crippen LogP contribution in [0.1, 0.15) is 19.3 Å². The van der Waals surface area contributed by atoms with Crippen molar-refractivity contribution in [2.45, 2.75) is 19.3 Å². The Hall–Kier alpha value is -0.660. The second-order valence-corrected chi connectivity index (χ2v) is 5.30. The summed E-state index contributed by atoms with van der Waals surface area (Å²) in [6.07, 6.45) is 2.78. The van der Waals surface area contributed by atoms with E-state index in [0.717, 1.165) is 12.8 Å². The molecule has 4 saturated carbocycles. The van der Waals surface area contributed by atoms with Gasteiger partial charge in [0.15, 0.2) is 0 Å². The summed E-state index contributed by atoms with van der Waals surface area (Å²) in [6, 6.07) is 0. The van der Waals surface area contributed by atoms with Gasteiger partial charge in [0.05, 0.1) is 0 Å². The molecule has 4 aliphatic rings. The number of hydrogen-bond acceptors (Lipinski definition) is 2. The molecule has 4 rings (SSSR count). The van der Waals surface area contributed by atoms with Crippen LogP contribution in [0.4, 0.5) is 0 Å². The second-order valence-electron chi connectivity index (χ2n) is 5.30. The molecule has 0 aromatic carbocycles. The first-order valence-electron chi connectivity index (χ1n) is 5.33. The first-order chi connectivity index (χ1) is 6.27. The Bertz CT molecular complexity index is 301. The molecule has 0 saturated heterocycles. The van der Waals surface area contributed by atoms with Gasteiger partial charge in [0.25, 0.3) is 0 Å². The molecule has 6 atom stereocenters. The minimum absolute atomic E-state index is 0.190. The van der Waals surface area contributed by atoms with Crippen LogP contribution in [0.15, 0.2) is 0 Å². The molecule has 0 N–H and O–H groups in total. The average Bonchev–Trinajstić information content (AvgIpc) is 2.40. The van der Waals surface area contributed by atoms with Crippen molar-refractivity contribution in [1.82, 2.24) is 0 Å². The van der Waals surface area contributed by atoms with Crippen LogP contribution in [0.5, 0.6) is 0 Å². The van der Waals surface area contributed by atoms with Crippen LogP contribution in [-0.4, -0.2) is 11.6 Å². The van der Waals surface area contributed by atoms with Crippen LogP contribution in [-0.2, 0) is 9.59 Å². The van der Waals surface area contributed by atoms with Gasteiger partial charge in [-0.25, -0.2) is 0 Å². The van der Waals surface area contributed by atoms with Crippen LogP contribution in [0.2, 0.25) is 0 Å². The third-order valence-electron chi connectivity index (χ3n) is 5.03. The van der Waals surface area contributed by atoms with Crippen LogP contribution in [0.25, 0.3) is 0 Å². The fourth-order valence-electron chi connectivity index (χ4n) is 4.79. The molecule has 13 heavy (non-hydrogen) atoms. The molecule has 0 spiro atoms. The van der Waals surface area contributed by atoms with Gasteiger partial charge < -0.3 is 0 Å². The lowest BCUT2D eigenvalue weighted by Crippen LogP contribution is -2.46. The average molecular weight is 176 g/mol. The van der Waals surface area contributed by atoms with E-state index in [0.29, 0.717) is 35.2 Å². The minimum atomic E-state index is 0.190. The number of carbonyl (C=O) groups excluding carboxylic acids is 2. The highest BCUT2D eigenvalue weighted by atomic mass is 16.1. The molecule has 0 amide bonds. The molecule has 68 valence electrons. The van der Waals surface area contributed by atoms with Crippen molar-refractivity contribution < 1.29 is 9.59 Å². The van der Waals surface area contributed by atoms with Gasteiger partial charge in [-0.15, -0.1) is 0 Å². The largest absolute Gasteiger partial charge is 0.299 e. The third kappa shape index (κ3) is 0.527. The Balaban J connectivity index is 1.86. The monoisotopic (exact) mass is 176 g/mol. The first kappa shape index (κ1) is 6.74. The van der Waals surface area contributed by atoms with Crippen LogP contribution < -0.4 is 0 Å². The summed E-state index contributed by atoms with van der Waals surface area (Å²) in [5.74, 6) is 3.84. The van der Waals surface area contributed by atoms with E-state index >= 15 is 0 Å². The van der Waals surface area contributed by atoms with Crippen LogP contribution in [0.3, 0.4) is 0 Å². The number of ketones is 2. The molecular weight excluding hydrogens is 164 g/mol. The van der Waals surface area contributed by atoms with E-state index in [1.165, 1.54) is 6.42 Å². The topological polar surface area (TPSA) is 34.1 Å². The fraction of sp³-hybridized carbons (Fsp3) is 0.818. The molecule has 0 radical (unpaired) electrons. The van der Waals surface area contributed by atoms with E-state index in [-0.39, 0.29) is 11.8 Å². The number of rotatable bonds is 0. The Morgan fingerprint density at radius 1 is 0.846 bits per heavy atom. The molecule has 0 aliphatic heterocycles. The Morgan fingerprint density at radius 2 is 1.31 bits per heavy atom.